The zero-order chi connectivity index (χ0) is 14.2. The summed E-state index contributed by atoms with van der Waals surface area (Å²) in [5, 5.41) is 5.51. The van der Waals surface area contributed by atoms with Crippen molar-refractivity contribution in [1.82, 2.24) is 10.3 Å². The Morgan fingerprint density at radius 1 is 1.30 bits per heavy atom. The van der Waals surface area contributed by atoms with Gasteiger partial charge in [0.15, 0.2) is 0 Å². The van der Waals surface area contributed by atoms with Gasteiger partial charge >= 0.3 is 0 Å². The number of rotatable bonds is 8. The fourth-order valence-electron chi connectivity index (χ4n) is 2.00. The van der Waals surface area contributed by atoms with Crippen LogP contribution in [-0.2, 0) is 13.0 Å². The molecule has 108 valence electrons. The van der Waals surface area contributed by atoms with Crippen LogP contribution in [0.1, 0.15) is 31.5 Å². The molecule has 4 heteroatoms. The number of aromatic nitrogens is 1. The van der Waals surface area contributed by atoms with Gasteiger partial charge in [-0.2, -0.15) is 0 Å². The molecule has 2 rings (SSSR count). The number of ether oxygens (including phenoxy) is 1. The summed E-state index contributed by atoms with van der Waals surface area (Å²) < 4.78 is 5.70. The fourth-order valence-corrected chi connectivity index (χ4v) is 2.55. The molecule has 1 heterocycles. The van der Waals surface area contributed by atoms with Crippen molar-refractivity contribution < 1.29 is 4.74 Å². The molecule has 0 amide bonds. The van der Waals surface area contributed by atoms with Crippen molar-refractivity contribution in [2.24, 2.45) is 0 Å². The molecule has 0 saturated carbocycles. The molecule has 0 aliphatic rings. The van der Waals surface area contributed by atoms with E-state index in [2.05, 4.69) is 36.3 Å². The zero-order valence-corrected chi connectivity index (χ0v) is 13.0. The van der Waals surface area contributed by atoms with Crippen molar-refractivity contribution in [2.75, 3.05) is 6.54 Å². The van der Waals surface area contributed by atoms with E-state index >= 15 is 0 Å². The second-order valence-electron chi connectivity index (χ2n) is 4.97. The summed E-state index contributed by atoms with van der Waals surface area (Å²) in [7, 11) is 0. The Bertz CT molecular complexity index is 482. The molecule has 1 N–H and O–H groups in total. The van der Waals surface area contributed by atoms with E-state index in [1.54, 1.807) is 11.3 Å². The smallest absolute Gasteiger partial charge is 0.131 e. The highest BCUT2D eigenvalue weighted by molar-refractivity contribution is 7.07. The van der Waals surface area contributed by atoms with Crippen LogP contribution in [0.3, 0.4) is 0 Å². The Morgan fingerprint density at radius 2 is 2.10 bits per heavy atom. The maximum absolute atomic E-state index is 5.70. The third-order valence-corrected chi connectivity index (χ3v) is 3.71. The van der Waals surface area contributed by atoms with Crippen molar-refractivity contribution in [2.45, 2.75) is 39.3 Å². The third kappa shape index (κ3) is 4.94. The molecule has 0 spiro atoms. The van der Waals surface area contributed by atoms with Crippen LogP contribution in [-0.4, -0.2) is 17.6 Å². The summed E-state index contributed by atoms with van der Waals surface area (Å²) >= 11 is 1.59. The van der Waals surface area contributed by atoms with Crippen LogP contribution >= 0.6 is 11.3 Å². The zero-order valence-electron chi connectivity index (χ0n) is 12.1. The van der Waals surface area contributed by atoms with Gasteiger partial charge in [0.2, 0.25) is 0 Å². The molecule has 0 saturated heterocycles. The van der Waals surface area contributed by atoms with Gasteiger partial charge < -0.3 is 10.1 Å². The predicted octanol–water partition coefficient (Wildman–Crippen LogP) is 3.65. The largest absolute Gasteiger partial charge is 0.487 e. The first-order valence-electron chi connectivity index (χ1n) is 7.10. The highest BCUT2D eigenvalue weighted by atomic mass is 32.1. The van der Waals surface area contributed by atoms with Crippen LogP contribution in [0.25, 0.3) is 0 Å². The molecule has 0 radical (unpaired) electrons. The van der Waals surface area contributed by atoms with E-state index in [1.807, 2.05) is 23.0 Å². The monoisotopic (exact) mass is 290 g/mol. The standard InChI is InChI=1S/C16H22N2OS/c1-3-8-17-13(2)9-14-4-6-16(7-5-14)19-10-15-11-20-12-18-15/h4-7,11-13,17H,3,8-10H2,1-2H3. The lowest BCUT2D eigenvalue weighted by Gasteiger charge is -2.13. The Labute approximate surface area is 125 Å². The average molecular weight is 290 g/mol. The van der Waals surface area contributed by atoms with Crippen molar-refractivity contribution in [1.29, 1.82) is 0 Å². The van der Waals surface area contributed by atoms with Gasteiger partial charge in [0.1, 0.15) is 12.4 Å². The summed E-state index contributed by atoms with van der Waals surface area (Å²) in [5.74, 6) is 0.899. The molecule has 3 nitrogen and oxygen atoms in total. The Morgan fingerprint density at radius 3 is 2.75 bits per heavy atom. The molecule has 0 aliphatic heterocycles. The van der Waals surface area contributed by atoms with Crippen molar-refractivity contribution in [3.8, 4) is 5.75 Å². The molecule has 0 aliphatic carbocycles. The van der Waals surface area contributed by atoms with Gasteiger partial charge in [-0.1, -0.05) is 19.1 Å². The molecular formula is C16H22N2OS. The van der Waals surface area contributed by atoms with Crippen LogP contribution in [0.15, 0.2) is 35.2 Å². The highest BCUT2D eigenvalue weighted by Gasteiger charge is 2.03. The summed E-state index contributed by atoms with van der Waals surface area (Å²) in [6.07, 6.45) is 2.22. The Balaban J connectivity index is 1.80. The van der Waals surface area contributed by atoms with E-state index in [1.165, 1.54) is 12.0 Å². The molecule has 0 bridgehead atoms. The van der Waals surface area contributed by atoms with Crippen molar-refractivity contribution in [3.05, 3.63) is 46.4 Å². The molecule has 1 aromatic heterocycles. The maximum Gasteiger partial charge on any atom is 0.131 e. The number of hydrogen-bond donors (Lipinski definition) is 1. The summed E-state index contributed by atoms with van der Waals surface area (Å²) in [6, 6.07) is 8.86. The Hall–Kier alpha value is -1.39. The predicted molar refractivity (Wildman–Crippen MR) is 84.3 cm³/mol. The molecule has 1 unspecified atom stereocenters. The van der Waals surface area contributed by atoms with Crippen LogP contribution in [0.4, 0.5) is 0 Å². The fraction of sp³-hybridized carbons (Fsp3) is 0.438. The van der Waals surface area contributed by atoms with Gasteiger partial charge in [-0.3, -0.25) is 0 Å². The second-order valence-corrected chi connectivity index (χ2v) is 5.69. The van der Waals surface area contributed by atoms with E-state index in [9.17, 15) is 0 Å². The first-order valence-corrected chi connectivity index (χ1v) is 8.04. The minimum Gasteiger partial charge on any atom is -0.487 e. The maximum atomic E-state index is 5.70. The molecular weight excluding hydrogens is 268 g/mol. The first kappa shape index (κ1) is 15.0. The van der Waals surface area contributed by atoms with Crippen LogP contribution in [0.5, 0.6) is 5.75 Å². The average Bonchev–Trinajstić information content (AvgIpc) is 2.98. The minimum absolute atomic E-state index is 0.511. The van der Waals surface area contributed by atoms with Crippen LogP contribution < -0.4 is 10.1 Å². The summed E-state index contributed by atoms with van der Waals surface area (Å²) in [6.45, 7) is 6.03. The molecule has 1 atom stereocenters. The van der Waals surface area contributed by atoms with Gasteiger partial charge in [-0.15, -0.1) is 11.3 Å². The molecule has 20 heavy (non-hydrogen) atoms. The molecule has 1 aromatic carbocycles. The molecule has 2 aromatic rings. The molecule has 0 fully saturated rings. The lowest BCUT2D eigenvalue weighted by atomic mass is 10.1. The number of thiazole rings is 1. The van der Waals surface area contributed by atoms with E-state index in [0.717, 1.165) is 24.4 Å². The normalized spacial score (nSPS) is 12.3. The van der Waals surface area contributed by atoms with E-state index in [0.29, 0.717) is 12.6 Å². The number of hydrogen-bond acceptors (Lipinski definition) is 4. The van der Waals surface area contributed by atoms with Gasteiger partial charge in [0.25, 0.3) is 0 Å². The van der Waals surface area contributed by atoms with E-state index in [-0.39, 0.29) is 0 Å². The lowest BCUT2D eigenvalue weighted by molar-refractivity contribution is 0.302. The van der Waals surface area contributed by atoms with Crippen molar-refractivity contribution >= 4 is 11.3 Å². The SMILES string of the molecule is CCCNC(C)Cc1ccc(OCc2cscn2)cc1. The van der Waals surface area contributed by atoms with E-state index < -0.39 is 0 Å². The quantitative estimate of drug-likeness (QED) is 0.805. The second kappa shape index (κ2) is 8.02. The number of nitrogens with zero attached hydrogens (tertiary/aromatic N) is 1. The topological polar surface area (TPSA) is 34.1 Å². The third-order valence-electron chi connectivity index (χ3n) is 3.08. The Kier molecular flexibility index (Phi) is 6.02. The first-order chi connectivity index (χ1) is 9.78. The van der Waals surface area contributed by atoms with Crippen LogP contribution in [0, 0.1) is 0 Å². The highest BCUT2D eigenvalue weighted by Crippen LogP contribution is 2.15. The lowest BCUT2D eigenvalue weighted by Crippen LogP contribution is -2.28. The van der Waals surface area contributed by atoms with Gasteiger partial charge in [0, 0.05) is 11.4 Å². The van der Waals surface area contributed by atoms with E-state index in [4.69, 9.17) is 4.74 Å². The van der Waals surface area contributed by atoms with Gasteiger partial charge in [0.05, 0.1) is 11.2 Å². The van der Waals surface area contributed by atoms with Crippen LogP contribution in [0.2, 0.25) is 0 Å². The summed E-state index contributed by atoms with van der Waals surface area (Å²) in [5.41, 5.74) is 4.14. The van der Waals surface area contributed by atoms with Gasteiger partial charge in [-0.25, -0.2) is 4.98 Å². The number of nitrogens with one attached hydrogen (secondary N) is 1. The minimum atomic E-state index is 0.511. The number of benzene rings is 1. The van der Waals surface area contributed by atoms with Crippen molar-refractivity contribution in [3.63, 3.8) is 0 Å². The van der Waals surface area contributed by atoms with Gasteiger partial charge in [-0.05, 0) is 44.0 Å². The summed E-state index contributed by atoms with van der Waals surface area (Å²) in [4.78, 5) is 4.20.